The Hall–Kier alpha value is -2.01. The molecule has 2 heterocycles. The predicted molar refractivity (Wildman–Crippen MR) is 53.4 cm³/mol. The van der Waals surface area contributed by atoms with E-state index in [-0.39, 0.29) is 18.1 Å². The van der Waals surface area contributed by atoms with Crippen LogP contribution in [-0.4, -0.2) is 23.2 Å². The van der Waals surface area contributed by atoms with Crippen LogP contribution in [0.25, 0.3) is 0 Å². The average Bonchev–Trinajstić information content (AvgIpc) is 2.80. The molecule has 0 saturated heterocycles. The molecule has 0 atom stereocenters. The van der Waals surface area contributed by atoms with Crippen molar-refractivity contribution in [2.24, 2.45) is 0 Å². The molecule has 1 aromatic rings. The molecule has 0 N–H and O–H groups in total. The number of pyridine rings is 1. The first-order chi connectivity index (χ1) is 7.68. The van der Waals surface area contributed by atoms with Gasteiger partial charge in [-0.15, -0.1) is 0 Å². The van der Waals surface area contributed by atoms with Gasteiger partial charge >= 0.3 is 0 Å². The highest BCUT2D eigenvalue weighted by atomic mass is 17.2. The number of aryl methyl sites for hydroxylation is 1. The van der Waals surface area contributed by atoms with Gasteiger partial charge in [0.25, 0.3) is 11.6 Å². The summed E-state index contributed by atoms with van der Waals surface area (Å²) in [7, 11) is 0. The molecule has 0 spiro atoms. The highest BCUT2D eigenvalue weighted by Gasteiger charge is 2.26. The molecule has 0 fully saturated rings. The van der Waals surface area contributed by atoms with Crippen molar-refractivity contribution in [3.8, 4) is 0 Å². The summed E-state index contributed by atoms with van der Waals surface area (Å²) in [4.78, 5) is 36.3. The third kappa shape index (κ3) is 1.99. The number of nitrogens with zero attached hydrogens (tertiary/aromatic N) is 1. The highest BCUT2D eigenvalue weighted by Crippen LogP contribution is 2.11. The fraction of sp³-hybridized carbons (Fsp3) is 0.182. The second-order valence-corrected chi connectivity index (χ2v) is 3.26. The summed E-state index contributed by atoms with van der Waals surface area (Å²) >= 11 is 0. The Morgan fingerprint density at radius 1 is 1.31 bits per heavy atom. The number of allylic oxidation sites excluding steroid dienone is 1. The van der Waals surface area contributed by atoms with Gasteiger partial charge in [-0.3, -0.25) is 9.59 Å². The van der Waals surface area contributed by atoms with E-state index in [4.69, 9.17) is 0 Å². The summed E-state index contributed by atoms with van der Waals surface area (Å²) in [5.74, 6) is -1.51. The molecule has 5 heteroatoms. The van der Waals surface area contributed by atoms with Crippen molar-refractivity contribution in [2.45, 2.75) is 6.92 Å². The van der Waals surface area contributed by atoms with E-state index in [0.29, 0.717) is 5.69 Å². The lowest BCUT2D eigenvalue weighted by Gasteiger charge is -2.00. The topological polar surface area (TPSA) is 65.5 Å². The van der Waals surface area contributed by atoms with Gasteiger partial charge in [0, 0.05) is 5.69 Å². The maximum Gasteiger partial charge on any atom is 0.273 e. The van der Waals surface area contributed by atoms with Crippen LogP contribution in [0, 0.1) is 6.92 Å². The van der Waals surface area contributed by atoms with E-state index in [1.54, 1.807) is 19.1 Å². The van der Waals surface area contributed by atoms with E-state index in [9.17, 15) is 9.59 Å². The quantitative estimate of drug-likeness (QED) is 0.431. The third-order valence-electron chi connectivity index (χ3n) is 2.04. The van der Waals surface area contributed by atoms with E-state index in [2.05, 4.69) is 14.8 Å². The van der Waals surface area contributed by atoms with Gasteiger partial charge in [0.15, 0.2) is 0 Å². The van der Waals surface area contributed by atoms with Crippen LogP contribution in [0.3, 0.4) is 0 Å². The Balaban J connectivity index is 2.22. The highest BCUT2D eigenvalue weighted by molar-refractivity contribution is 6.48. The van der Waals surface area contributed by atoms with Gasteiger partial charge < -0.3 is 4.89 Å². The van der Waals surface area contributed by atoms with E-state index >= 15 is 0 Å². The van der Waals surface area contributed by atoms with Crippen LogP contribution in [0.5, 0.6) is 0 Å². The molecule has 0 bridgehead atoms. The van der Waals surface area contributed by atoms with E-state index in [1.165, 1.54) is 12.1 Å². The molecule has 0 aliphatic carbocycles. The Morgan fingerprint density at radius 3 is 2.75 bits per heavy atom. The summed E-state index contributed by atoms with van der Waals surface area (Å²) in [6, 6.07) is 4.91. The minimum atomic E-state index is -0.740. The summed E-state index contributed by atoms with van der Waals surface area (Å²) in [5.41, 5.74) is 0.789. The minimum absolute atomic E-state index is 0.0756. The largest absolute Gasteiger partial charge is 0.333 e. The molecular formula is C11H9NO4. The van der Waals surface area contributed by atoms with Crippen molar-refractivity contribution in [3.63, 3.8) is 0 Å². The second kappa shape index (κ2) is 4.24. The lowest BCUT2D eigenvalue weighted by atomic mass is 10.1. The number of carbonyl (C=O) groups is 2. The maximum absolute atomic E-state index is 11.7. The molecule has 1 aliphatic heterocycles. The van der Waals surface area contributed by atoms with E-state index < -0.39 is 11.6 Å². The Labute approximate surface area is 91.6 Å². The Morgan fingerprint density at radius 2 is 2.12 bits per heavy atom. The molecule has 82 valence electrons. The van der Waals surface area contributed by atoms with E-state index in [0.717, 1.165) is 0 Å². The number of carbonyl (C=O) groups excluding carboxylic acids is 2. The fourth-order valence-electron chi connectivity index (χ4n) is 1.27. The Kier molecular flexibility index (Phi) is 2.78. The number of ketones is 2. The number of hydrogen-bond acceptors (Lipinski definition) is 5. The first-order valence-corrected chi connectivity index (χ1v) is 4.71. The van der Waals surface area contributed by atoms with Crippen molar-refractivity contribution in [2.75, 3.05) is 6.61 Å². The monoisotopic (exact) mass is 219 g/mol. The van der Waals surface area contributed by atoms with Crippen LogP contribution in [-0.2, 0) is 14.6 Å². The van der Waals surface area contributed by atoms with Gasteiger partial charge in [0.2, 0.25) is 5.76 Å². The normalized spacial score (nSPS) is 14.2. The van der Waals surface area contributed by atoms with Crippen molar-refractivity contribution < 1.29 is 19.4 Å². The zero-order valence-electron chi connectivity index (χ0n) is 8.60. The average molecular weight is 219 g/mol. The third-order valence-corrected chi connectivity index (χ3v) is 2.04. The number of Topliss-reactive ketones (excluding diaryl/α,β-unsaturated/α-hetero) is 2. The smallest absolute Gasteiger partial charge is 0.273 e. The fourth-order valence-corrected chi connectivity index (χ4v) is 1.27. The second-order valence-electron chi connectivity index (χ2n) is 3.26. The Bertz CT molecular complexity index is 479. The summed E-state index contributed by atoms with van der Waals surface area (Å²) < 4.78 is 0. The van der Waals surface area contributed by atoms with Gasteiger partial charge in [-0.05, 0) is 25.1 Å². The minimum Gasteiger partial charge on any atom is -0.333 e. The number of hydrogen-bond donors (Lipinski definition) is 0. The zero-order chi connectivity index (χ0) is 11.5. The molecule has 16 heavy (non-hydrogen) atoms. The van der Waals surface area contributed by atoms with Crippen molar-refractivity contribution in [3.05, 3.63) is 41.4 Å². The van der Waals surface area contributed by atoms with Crippen LogP contribution >= 0.6 is 0 Å². The zero-order valence-corrected chi connectivity index (χ0v) is 8.60. The number of aromatic nitrogens is 1. The van der Waals surface area contributed by atoms with Crippen LogP contribution in [0.1, 0.15) is 16.2 Å². The van der Waals surface area contributed by atoms with Crippen LogP contribution in [0.2, 0.25) is 0 Å². The van der Waals surface area contributed by atoms with Crippen LogP contribution in [0.4, 0.5) is 0 Å². The standard InChI is InChI=1S/C11H9NO4/c1-7-3-2-4-8(12-7)10(13)11(14)9-5-6-15-16-9/h2-5H,6H2,1H3. The van der Waals surface area contributed by atoms with Gasteiger partial charge in [-0.1, -0.05) is 6.07 Å². The van der Waals surface area contributed by atoms with Gasteiger partial charge in [0.1, 0.15) is 12.3 Å². The molecule has 0 amide bonds. The SMILES string of the molecule is Cc1cccc(C(=O)C(=O)C2=CCOO2)n1. The first-order valence-electron chi connectivity index (χ1n) is 4.71. The van der Waals surface area contributed by atoms with Crippen LogP contribution < -0.4 is 0 Å². The van der Waals surface area contributed by atoms with Crippen LogP contribution in [0.15, 0.2) is 30.0 Å². The molecule has 0 saturated carbocycles. The summed E-state index contributed by atoms with van der Waals surface area (Å²) in [6.07, 6.45) is 1.41. The number of rotatable bonds is 3. The molecule has 2 rings (SSSR count). The van der Waals surface area contributed by atoms with Gasteiger partial charge in [-0.25, -0.2) is 4.98 Å². The molecule has 1 aromatic heterocycles. The maximum atomic E-state index is 11.7. The molecule has 0 unspecified atom stereocenters. The summed E-state index contributed by atoms with van der Waals surface area (Å²) in [5, 5.41) is 0. The first kappa shape index (κ1) is 10.5. The van der Waals surface area contributed by atoms with E-state index in [1.807, 2.05) is 0 Å². The molecule has 1 aliphatic rings. The van der Waals surface area contributed by atoms with Gasteiger partial charge in [0.05, 0.1) is 0 Å². The molecule has 0 aromatic carbocycles. The summed E-state index contributed by atoms with van der Waals surface area (Å²) in [6.45, 7) is 1.92. The molecule has 5 nitrogen and oxygen atoms in total. The molecular weight excluding hydrogens is 210 g/mol. The predicted octanol–water partition coefficient (Wildman–Crippen LogP) is 0.988. The lowest BCUT2D eigenvalue weighted by Crippen LogP contribution is -2.18. The lowest BCUT2D eigenvalue weighted by molar-refractivity contribution is -0.232. The van der Waals surface area contributed by atoms with Crippen molar-refractivity contribution >= 4 is 11.6 Å². The van der Waals surface area contributed by atoms with Crippen molar-refractivity contribution in [1.82, 2.24) is 4.98 Å². The molecule has 0 radical (unpaired) electrons. The van der Waals surface area contributed by atoms with Gasteiger partial charge in [-0.2, -0.15) is 4.89 Å². The van der Waals surface area contributed by atoms with Crippen molar-refractivity contribution in [1.29, 1.82) is 0 Å².